The minimum Gasteiger partial charge on any atom is -0.332 e. The first-order valence-corrected chi connectivity index (χ1v) is 8.18. The maximum atomic E-state index is 12.8. The molecule has 0 unspecified atom stereocenters. The van der Waals surface area contributed by atoms with Crippen molar-refractivity contribution < 1.29 is 9.59 Å². The molecule has 2 saturated heterocycles. The van der Waals surface area contributed by atoms with Crippen LogP contribution in [0, 0.1) is 0 Å². The number of anilines is 1. The van der Waals surface area contributed by atoms with Gasteiger partial charge in [-0.15, -0.1) is 0 Å². The molecular weight excluding hydrogens is 306 g/mol. The minimum atomic E-state index is -0.0522. The third-order valence-electron chi connectivity index (χ3n) is 4.88. The molecule has 4 rings (SSSR count). The summed E-state index contributed by atoms with van der Waals surface area (Å²) in [5, 5.41) is 4.17. The van der Waals surface area contributed by atoms with Crippen molar-refractivity contribution in [1.29, 1.82) is 0 Å². The molecule has 0 spiro atoms. The number of likely N-dealkylation sites (tertiary alicyclic amines) is 1. The van der Waals surface area contributed by atoms with E-state index in [-0.39, 0.29) is 23.9 Å². The number of nitrogens with zero attached hydrogens (tertiary/aromatic N) is 5. The van der Waals surface area contributed by atoms with Gasteiger partial charge in [-0.2, -0.15) is 5.10 Å². The van der Waals surface area contributed by atoms with Gasteiger partial charge in [-0.1, -0.05) is 6.07 Å². The molecule has 2 atom stereocenters. The maximum absolute atomic E-state index is 12.8. The number of pyridine rings is 1. The Morgan fingerprint density at radius 3 is 2.83 bits per heavy atom. The summed E-state index contributed by atoms with van der Waals surface area (Å²) in [5.41, 5.74) is 1.27. The highest BCUT2D eigenvalue weighted by Gasteiger charge is 2.46. The molecule has 7 nitrogen and oxygen atoms in total. The van der Waals surface area contributed by atoms with Gasteiger partial charge in [0.05, 0.1) is 24.0 Å². The van der Waals surface area contributed by atoms with Gasteiger partial charge in [0, 0.05) is 32.4 Å². The summed E-state index contributed by atoms with van der Waals surface area (Å²) in [6.45, 7) is 0.648. The molecule has 2 aromatic rings. The van der Waals surface area contributed by atoms with E-state index in [1.54, 1.807) is 29.2 Å². The Kier molecular flexibility index (Phi) is 3.55. The van der Waals surface area contributed by atoms with E-state index in [1.807, 2.05) is 29.1 Å². The van der Waals surface area contributed by atoms with Crippen LogP contribution in [0.3, 0.4) is 0 Å². The van der Waals surface area contributed by atoms with Crippen LogP contribution in [0.4, 0.5) is 5.69 Å². The van der Waals surface area contributed by atoms with Gasteiger partial charge < -0.3 is 9.80 Å². The number of carbonyl (C=O) groups excluding carboxylic acids is 2. The van der Waals surface area contributed by atoms with Gasteiger partial charge in [-0.3, -0.25) is 19.3 Å². The molecule has 2 aromatic heterocycles. The molecule has 124 valence electrons. The lowest BCUT2D eigenvalue weighted by atomic mass is 9.95. The SMILES string of the molecule is Cn1cc(N2C(=O)CC[C@@H]3[C@H]2CCN3C(=O)c2ccccn2)cn1. The zero-order valence-electron chi connectivity index (χ0n) is 13.5. The first kappa shape index (κ1) is 14.9. The van der Waals surface area contributed by atoms with Gasteiger partial charge in [-0.25, -0.2) is 0 Å². The van der Waals surface area contributed by atoms with Crippen LogP contribution in [-0.4, -0.2) is 50.1 Å². The fraction of sp³-hybridized carbons (Fsp3) is 0.412. The molecule has 4 heterocycles. The van der Waals surface area contributed by atoms with Crippen molar-refractivity contribution in [2.75, 3.05) is 11.4 Å². The van der Waals surface area contributed by atoms with Gasteiger partial charge in [0.15, 0.2) is 0 Å². The van der Waals surface area contributed by atoms with Crippen molar-refractivity contribution in [3.05, 3.63) is 42.5 Å². The molecule has 2 fully saturated rings. The molecular formula is C17H19N5O2. The smallest absolute Gasteiger partial charge is 0.272 e. The average molecular weight is 325 g/mol. The molecule has 0 aliphatic carbocycles. The molecule has 7 heteroatoms. The third-order valence-corrected chi connectivity index (χ3v) is 4.88. The second-order valence-electron chi connectivity index (χ2n) is 6.31. The number of aryl methyl sites for hydroxylation is 1. The highest BCUT2D eigenvalue weighted by Crippen LogP contribution is 2.35. The Bertz CT molecular complexity index is 772. The second kappa shape index (κ2) is 5.74. The predicted molar refractivity (Wildman–Crippen MR) is 87.4 cm³/mol. The topological polar surface area (TPSA) is 71.3 Å². The van der Waals surface area contributed by atoms with Gasteiger partial charge in [-0.05, 0) is 25.0 Å². The number of hydrogen-bond acceptors (Lipinski definition) is 4. The number of hydrogen-bond donors (Lipinski definition) is 0. The Morgan fingerprint density at radius 1 is 1.25 bits per heavy atom. The molecule has 2 amide bonds. The lowest BCUT2D eigenvalue weighted by Crippen LogP contribution is -2.53. The lowest BCUT2D eigenvalue weighted by Gasteiger charge is -2.38. The Balaban J connectivity index is 1.61. The number of piperidine rings is 1. The van der Waals surface area contributed by atoms with Crippen LogP contribution in [0.25, 0.3) is 0 Å². The molecule has 0 bridgehead atoms. The fourth-order valence-electron chi connectivity index (χ4n) is 3.82. The monoisotopic (exact) mass is 325 g/mol. The number of fused-ring (bicyclic) bond motifs is 1. The Morgan fingerprint density at radius 2 is 2.12 bits per heavy atom. The lowest BCUT2D eigenvalue weighted by molar-refractivity contribution is -0.120. The molecule has 24 heavy (non-hydrogen) atoms. The number of aromatic nitrogens is 3. The van der Waals surface area contributed by atoms with E-state index >= 15 is 0 Å². The maximum Gasteiger partial charge on any atom is 0.272 e. The Labute approximate surface area is 139 Å². The van der Waals surface area contributed by atoms with Crippen molar-refractivity contribution in [1.82, 2.24) is 19.7 Å². The quantitative estimate of drug-likeness (QED) is 0.832. The van der Waals surface area contributed by atoms with Gasteiger partial charge in [0.2, 0.25) is 5.91 Å². The van der Waals surface area contributed by atoms with Gasteiger partial charge >= 0.3 is 0 Å². The minimum absolute atomic E-state index is 0.0168. The Hall–Kier alpha value is -2.70. The highest BCUT2D eigenvalue weighted by atomic mass is 16.2. The predicted octanol–water partition coefficient (Wildman–Crippen LogP) is 1.23. The molecule has 0 radical (unpaired) electrons. The van der Waals surface area contributed by atoms with Crippen LogP contribution in [0.1, 0.15) is 29.8 Å². The summed E-state index contributed by atoms with van der Waals surface area (Å²) >= 11 is 0. The summed E-state index contributed by atoms with van der Waals surface area (Å²) in [4.78, 5) is 33.1. The van der Waals surface area contributed by atoms with E-state index in [0.717, 1.165) is 12.1 Å². The van der Waals surface area contributed by atoms with E-state index in [9.17, 15) is 9.59 Å². The standard InChI is InChI=1S/C17H19N5O2/c1-20-11-12(10-19-20)22-15-7-9-21(14(15)5-6-16(22)23)17(24)13-4-2-3-8-18-13/h2-4,8,10-11,14-15H,5-7,9H2,1H3/t14-,15-/m1/s1. The van der Waals surface area contributed by atoms with E-state index in [0.29, 0.717) is 25.1 Å². The van der Waals surface area contributed by atoms with Crippen molar-refractivity contribution in [3.8, 4) is 0 Å². The highest BCUT2D eigenvalue weighted by molar-refractivity contribution is 5.96. The van der Waals surface area contributed by atoms with E-state index in [4.69, 9.17) is 0 Å². The van der Waals surface area contributed by atoms with Crippen LogP contribution in [-0.2, 0) is 11.8 Å². The molecule has 0 aromatic carbocycles. The zero-order chi connectivity index (χ0) is 16.7. The molecule has 2 aliphatic heterocycles. The average Bonchev–Trinajstić information content (AvgIpc) is 3.21. The summed E-state index contributed by atoms with van der Waals surface area (Å²) in [6, 6.07) is 5.41. The second-order valence-corrected chi connectivity index (χ2v) is 6.31. The molecule has 0 N–H and O–H groups in total. The van der Waals surface area contributed by atoms with Crippen LogP contribution in [0.5, 0.6) is 0 Å². The molecule has 2 aliphatic rings. The van der Waals surface area contributed by atoms with Gasteiger partial charge in [0.1, 0.15) is 5.69 Å². The molecule has 0 saturated carbocycles. The van der Waals surface area contributed by atoms with Gasteiger partial charge in [0.25, 0.3) is 5.91 Å². The van der Waals surface area contributed by atoms with E-state index in [1.165, 1.54) is 0 Å². The van der Waals surface area contributed by atoms with Crippen LogP contribution in [0.2, 0.25) is 0 Å². The van der Waals surface area contributed by atoms with Crippen molar-refractivity contribution >= 4 is 17.5 Å². The van der Waals surface area contributed by atoms with Crippen LogP contribution < -0.4 is 4.90 Å². The summed E-state index contributed by atoms with van der Waals surface area (Å²) < 4.78 is 1.69. The first-order chi connectivity index (χ1) is 11.6. The van der Waals surface area contributed by atoms with Crippen LogP contribution in [0.15, 0.2) is 36.8 Å². The van der Waals surface area contributed by atoms with Crippen molar-refractivity contribution in [2.24, 2.45) is 7.05 Å². The first-order valence-electron chi connectivity index (χ1n) is 8.18. The fourth-order valence-corrected chi connectivity index (χ4v) is 3.82. The van der Waals surface area contributed by atoms with E-state index in [2.05, 4.69) is 10.1 Å². The number of carbonyl (C=O) groups is 2. The van der Waals surface area contributed by atoms with Crippen LogP contribution >= 0.6 is 0 Å². The van der Waals surface area contributed by atoms with Crippen molar-refractivity contribution in [3.63, 3.8) is 0 Å². The largest absolute Gasteiger partial charge is 0.332 e. The number of amides is 2. The van der Waals surface area contributed by atoms with Crippen molar-refractivity contribution in [2.45, 2.75) is 31.3 Å². The van der Waals surface area contributed by atoms with E-state index < -0.39 is 0 Å². The third kappa shape index (κ3) is 2.36. The zero-order valence-corrected chi connectivity index (χ0v) is 13.5. The normalized spacial score (nSPS) is 23.5. The summed E-state index contributed by atoms with van der Waals surface area (Å²) in [6.07, 6.45) is 7.13. The summed E-state index contributed by atoms with van der Waals surface area (Å²) in [7, 11) is 1.83. The number of rotatable bonds is 2. The summed E-state index contributed by atoms with van der Waals surface area (Å²) in [5.74, 6) is 0.0555.